The highest BCUT2D eigenvalue weighted by molar-refractivity contribution is 5.85. The highest BCUT2D eigenvalue weighted by Gasteiger charge is 2.25. The predicted molar refractivity (Wildman–Crippen MR) is 72.0 cm³/mol. The van der Waals surface area contributed by atoms with Crippen LogP contribution in [-0.4, -0.2) is 4.57 Å². The minimum absolute atomic E-state index is 0.269. The summed E-state index contributed by atoms with van der Waals surface area (Å²) in [7, 11) is 0. The van der Waals surface area contributed by atoms with Crippen molar-refractivity contribution in [2.75, 3.05) is 0 Å². The Morgan fingerprint density at radius 2 is 1.94 bits per heavy atom. The van der Waals surface area contributed by atoms with Crippen molar-refractivity contribution in [3.05, 3.63) is 36.0 Å². The Labute approximate surface area is 102 Å². The van der Waals surface area contributed by atoms with Crippen LogP contribution >= 0.6 is 0 Å². The highest BCUT2D eigenvalue weighted by atomic mass is 15.0. The number of aromatic nitrogens is 1. The molecule has 1 aliphatic carbocycles. The van der Waals surface area contributed by atoms with E-state index in [0.717, 1.165) is 0 Å². The number of fused-ring (bicyclic) bond motifs is 1. The van der Waals surface area contributed by atoms with Crippen LogP contribution in [0.3, 0.4) is 0 Å². The van der Waals surface area contributed by atoms with Crippen molar-refractivity contribution in [2.24, 2.45) is 5.73 Å². The van der Waals surface area contributed by atoms with E-state index in [4.69, 9.17) is 5.73 Å². The molecule has 0 radical (unpaired) electrons. The van der Waals surface area contributed by atoms with Crippen LogP contribution in [0.5, 0.6) is 0 Å². The molecule has 2 N–H and O–H groups in total. The summed E-state index contributed by atoms with van der Waals surface area (Å²) in [6, 6.07) is 9.31. The molecular formula is C15H20N2. The molecule has 17 heavy (non-hydrogen) atoms. The molecule has 2 heteroatoms. The molecule has 0 amide bonds. The van der Waals surface area contributed by atoms with Crippen LogP contribution in [0.25, 0.3) is 10.9 Å². The van der Waals surface area contributed by atoms with Crippen LogP contribution in [0.4, 0.5) is 0 Å². The maximum absolute atomic E-state index is 6.28. The molecule has 0 unspecified atom stereocenters. The van der Waals surface area contributed by atoms with Gasteiger partial charge in [-0.05, 0) is 44.7 Å². The number of benzene rings is 1. The van der Waals surface area contributed by atoms with E-state index >= 15 is 0 Å². The Kier molecular flexibility index (Phi) is 2.30. The zero-order valence-electron chi connectivity index (χ0n) is 10.6. The van der Waals surface area contributed by atoms with Crippen molar-refractivity contribution < 1.29 is 0 Å². The fourth-order valence-electron chi connectivity index (χ4n) is 2.69. The molecule has 1 saturated carbocycles. The molecule has 0 saturated heterocycles. The Bertz CT molecular complexity index is 542. The van der Waals surface area contributed by atoms with Gasteiger partial charge in [0.05, 0.1) is 0 Å². The zero-order valence-corrected chi connectivity index (χ0v) is 10.6. The van der Waals surface area contributed by atoms with Gasteiger partial charge in [-0.1, -0.05) is 18.2 Å². The van der Waals surface area contributed by atoms with Crippen LogP contribution in [0.15, 0.2) is 30.5 Å². The molecule has 0 spiro atoms. The summed E-state index contributed by atoms with van der Waals surface area (Å²) in [5, 5.41) is 1.31. The number of rotatable bonds is 2. The number of nitrogens with two attached hydrogens (primary N) is 1. The first-order chi connectivity index (χ1) is 8.07. The summed E-state index contributed by atoms with van der Waals surface area (Å²) >= 11 is 0. The largest absolute Gasteiger partial charge is 0.344 e. The van der Waals surface area contributed by atoms with Gasteiger partial charge in [0.2, 0.25) is 0 Å². The molecule has 0 aliphatic heterocycles. The monoisotopic (exact) mass is 228 g/mol. The van der Waals surface area contributed by atoms with Crippen molar-refractivity contribution >= 4 is 10.9 Å². The molecule has 1 aromatic heterocycles. The van der Waals surface area contributed by atoms with Gasteiger partial charge in [0, 0.05) is 28.7 Å². The lowest BCUT2D eigenvalue weighted by Crippen LogP contribution is -2.28. The Morgan fingerprint density at radius 1 is 1.24 bits per heavy atom. The Hall–Kier alpha value is -1.28. The molecule has 0 bridgehead atoms. The summed E-state index contributed by atoms with van der Waals surface area (Å²) in [4.78, 5) is 0. The van der Waals surface area contributed by atoms with E-state index in [1.54, 1.807) is 0 Å². The molecule has 1 aliphatic rings. The van der Waals surface area contributed by atoms with Crippen LogP contribution in [-0.2, 0) is 5.54 Å². The molecule has 90 valence electrons. The van der Waals surface area contributed by atoms with Gasteiger partial charge >= 0.3 is 0 Å². The van der Waals surface area contributed by atoms with Crippen LogP contribution in [0, 0.1) is 0 Å². The molecule has 3 rings (SSSR count). The lowest BCUT2D eigenvalue weighted by Gasteiger charge is -2.28. The van der Waals surface area contributed by atoms with Gasteiger partial charge in [-0.15, -0.1) is 0 Å². The average molecular weight is 228 g/mol. The van der Waals surface area contributed by atoms with Crippen LogP contribution < -0.4 is 5.73 Å². The Balaban J connectivity index is 2.23. The fourth-order valence-corrected chi connectivity index (χ4v) is 2.69. The van der Waals surface area contributed by atoms with Crippen LogP contribution in [0.2, 0.25) is 0 Å². The van der Waals surface area contributed by atoms with Gasteiger partial charge in [-0.3, -0.25) is 0 Å². The van der Waals surface area contributed by atoms with E-state index < -0.39 is 0 Å². The third-order valence-electron chi connectivity index (χ3n) is 3.90. The average Bonchev–Trinajstić information content (AvgIpc) is 2.55. The lowest BCUT2D eigenvalue weighted by atomic mass is 9.93. The topological polar surface area (TPSA) is 30.9 Å². The molecule has 2 aromatic rings. The molecular weight excluding hydrogens is 208 g/mol. The predicted octanol–water partition coefficient (Wildman–Crippen LogP) is 3.56. The number of hydrogen-bond acceptors (Lipinski definition) is 1. The molecule has 1 aromatic carbocycles. The number of hydrogen-bond donors (Lipinski definition) is 1. The molecule has 1 fully saturated rings. The quantitative estimate of drug-likeness (QED) is 0.837. The van der Waals surface area contributed by atoms with Gasteiger partial charge in [0.1, 0.15) is 0 Å². The lowest BCUT2D eigenvalue weighted by molar-refractivity contribution is 0.320. The third-order valence-corrected chi connectivity index (χ3v) is 3.90. The normalized spacial score (nSPS) is 17.4. The zero-order chi connectivity index (χ0) is 12.0. The van der Waals surface area contributed by atoms with Crippen molar-refractivity contribution in [3.63, 3.8) is 0 Å². The first kappa shape index (κ1) is 10.8. The summed E-state index contributed by atoms with van der Waals surface area (Å²) < 4.78 is 2.43. The van der Waals surface area contributed by atoms with Gasteiger partial charge in [0.25, 0.3) is 0 Å². The molecule has 0 atom stereocenters. The SMILES string of the molecule is CC(C)(N)c1cn(C2CCC2)c2ccccc12. The minimum atomic E-state index is -0.269. The molecule has 2 nitrogen and oxygen atoms in total. The molecule has 1 heterocycles. The van der Waals surface area contributed by atoms with Gasteiger partial charge < -0.3 is 10.3 Å². The van der Waals surface area contributed by atoms with Crippen molar-refractivity contribution in [2.45, 2.75) is 44.7 Å². The highest BCUT2D eigenvalue weighted by Crippen LogP contribution is 2.37. The van der Waals surface area contributed by atoms with E-state index in [1.165, 1.54) is 35.7 Å². The van der Waals surface area contributed by atoms with Crippen LogP contribution in [0.1, 0.15) is 44.7 Å². The maximum atomic E-state index is 6.28. The van der Waals surface area contributed by atoms with Crippen molar-refractivity contribution in [1.29, 1.82) is 0 Å². The first-order valence-corrected chi connectivity index (χ1v) is 6.46. The van der Waals surface area contributed by atoms with E-state index in [0.29, 0.717) is 6.04 Å². The second-order valence-electron chi connectivity index (χ2n) is 5.77. The van der Waals surface area contributed by atoms with Gasteiger partial charge in [0.15, 0.2) is 0 Å². The van der Waals surface area contributed by atoms with E-state index in [9.17, 15) is 0 Å². The third kappa shape index (κ3) is 1.67. The summed E-state index contributed by atoms with van der Waals surface area (Å²) in [5.41, 5.74) is 8.62. The summed E-state index contributed by atoms with van der Waals surface area (Å²) in [6.45, 7) is 4.17. The number of para-hydroxylation sites is 1. The van der Waals surface area contributed by atoms with Crippen molar-refractivity contribution in [1.82, 2.24) is 4.57 Å². The summed E-state index contributed by atoms with van der Waals surface area (Å²) in [5.74, 6) is 0. The van der Waals surface area contributed by atoms with E-state index in [-0.39, 0.29) is 5.54 Å². The standard InChI is InChI=1S/C15H20N2/c1-15(2,16)13-10-17(11-6-5-7-11)14-9-4-3-8-12(13)14/h3-4,8-11H,5-7,16H2,1-2H3. The maximum Gasteiger partial charge on any atom is 0.0486 e. The second-order valence-corrected chi connectivity index (χ2v) is 5.77. The van der Waals surface area contributed by atoms with Gasteiger partial charge in [-0.25, -0.2) is 0 Å². The van der Waals surface area contributed by atoms with E-state index in [1.807, 2.05) is 0 Å². The first-order valence-electron chi connectivity index (χ1n) is 6.46. The number of nitrogens with zero attached hydrogens (tertiary/aromatic N) is 1. The van der Waals surface area contributed by atoms with Crippen molar-refractivity contribution in [3.8, 4) is 0 Å². The van der Waals surface area contributed by atoms with Gasteiger partial charge in [-0.2, -0.15) is 0 Å². The summed E-state index contributed by atoms with van der Waals surface area (Å²) in [6.07, 6.45) is 6.25. The minimum Gasteiger partial charge on any atom is -0.344 e. The Morgan fingerprint density at radius 3 is 2.53 bits per heavy atom. The fraction of sp³-hybridized carbons (Fsp3) is 0.467. The van der Waals surface area contributed by atoms with E-state index in [2.05, 4.69) is 48.9 Å². The second kappa shape index (κ2) is 3.61. The smallest absolute Gasteiger partial charge is 0.0486 e.